The van der Waals surface area contributed by atoms with Crippen molar-refractivity contribution < 1.29 is 14.6 Å². The maximum atomic E-state index is 10.3. The molecule has 2 aromatic rings. The molecule has 3 nitrogen and oxygen atoms in total. The van der Waals surface area contributed by atoms with Crippen molar-refractivity contribution in [2.75, 3.05) is 20.0 Å². The van der Waals surface area contributed by atoms with E-state index in [9.17, 15) is 5.11 Å². The predicted octanol–water partition coefficient (Wildman–Crippen LogP) is 3.96. The van der Waals surface area contributed by atoms with Gasteiger partial charge in [0, 0.05) is 17.2 Å². The number of ether oxygens (including phenoxy) is 2. The van der Waals surface area contributed by atoms with Crippen LogP contribution < -0.4 is 9.47 Å². The highest BCUT2D eigenvalue weighted by Crippen LogP contribution is 2.52. The van der Waals surface area contributed by atoms with Crippen molar-refractivity contribution >= 4 is 11.8 Å². The fourth-order valence-electron chi connectivity index (χ4n) is 2.76. The molecule has 110 valence electrons. The van der Waals surface area contributed by atoms with Crippen LogP contribution in [0, 0.1) is 6.92 Å². The number of thioether (sulfide) groups is 1. The molecule has 1 aliphatic heterocycles. The lowest BCUT2D eigenvalue weighted by atomic mass is 9.91. The lowest BCUT2D eigenvalue weighted by Gasteiger charge is -2.16. The number of hydrogen-bond donors (Lipinski definition) is 1. The number of phenols is 1. The van der Waals surface area contributed by atoms with Crippen LogP contribution in [0.2, 0.25) is 0 Å². The molecule has 3 rings (SSSR count). The van der Waals surface area contributed by atoms with Crippen molar-refractivity contribution in [3.05, 3.63) is 47.0 Å². The third-order valence-corrected chi connectivity index (χ3v) is 5.13. The SMILES string of the molecule is COc1ccc(C2CSc3c(O)c(C)cc(OC)c32)cc1. The van der Waals surface area contributed by atoms with Crippen LogP contribution in [0.25, 0.3) is 0 Å². The van der Waals surface area contributed by atoms with Gasteiger partial charge in [-0.25, -0.2) is 0 Å². The van der Waals surface area contributed by atoms with E-state index in [-0.39, 0.29) is 5.92 Å². The number of aryl methyl sites for hydroxylation is 1. The van der Waals surface area contributed by atoms with E-state index >= 15 is 0 Å². The minimum absolute atomic E-state index is 0.234. The van der Waals surface area contributed by atoms with Crippen molar-refractivity contribution in [1.82, 2.24) is 0 Å². The third-order valence-electron chi connectivity index (χ3n) is 3.93. The first-order valence-electron chi connectivity index (χ1n) is 6.83. The molecule has 1 aliphatic rings. The molecule has 0 aliphatic carbocycles. The Kier molecular flexibility index (Phi) is 3.72. The Morgan fingerprint density at radius 1 is 1.14 bits per heavy atom. The van der Waals surface area contributed by atoms with Gasteiger partial charge in [0.15, 0.2) is 0 Å². The number of hydrogen-bond acceptors (Lipinski definition) is 4. The average molecular weight is 302 g/mol. The van der Waals surface area contributed by atoms with Crippen molar-refractivity contribution in [2.24, 2.45) is 0 Å². The van der Waals surface area contributed by atoms with Gasteiger partial charge in [-0.1, -0.05) is 12.1 Å². The normalized spacial score (nSPS) is 16.6. The summed E-state index contributed by atoms with van der Waals surface area (Å²) in [7, 11) is 3.35. The number of methoxy groups -OCH3 is 2. The smallest absolute Gasteiger partial charge is 0.132 e. The molecule has 1 N–H and O–H groups in total. The summed E-state index contributed by atoms with van der Waals surface area (Å²) in [6.45, 7) is 1.90. The van der Waals surface area contributed by atoms with Crippen molar-refractivity contribution in [1.29, 1.82) is 0 Å². The Morgan fingerprint density at radius 2 is 1.86 bits per heavy atom. The van der Waals surface area contributed by atoms with Crippen molar-refractivity contribution in [3.63, 3.8) is 0 Å². The Balaban J connectivity index is 2.08. The van der Waals surface area contributed by atoms with Crippen molar-refractivity contribution in [2.45, 2.75) is 17.7 Å². The van der Waals surface area contributed by atoms with Gasteiger partial charge in [-0.3, -0.25) is 0 Å². The van der Waals surface area contributed by atoms with Gasteiger partial charge in [0.05, 0.1) is 19.1 Å². The first kappa shape index (κ1) is 14.1. The molecule has 0 fully saturated rings. The van der Waals surface area contributed by atoms with E-state index in [0.717, 1.165) is 33.3 Å². The number of rotatable bonds is 3. The fourth-order valence-corrected chi connectivity index (χ4v) is 4.14. The Bertz CT molecular complexity index is 665. The van der Waals surface area contributed by atoms with E-state index in [0.29, 0.717) is 5.75 Å². The lowest BCUT2D eigenvalue weighted by molar-refractivity contribution is 0.401. The summed E-state index contributed by atoms with van der Waals surface area (Å²) in [6.07, 6.45) is 0. The Morgan fingerprint density at radius 3 is 2.48 bits per heavy atom. The zero-order valence-electron chi connectivity index (χ0n) is 12.3. The van der Waals surface area contributed by atoms with Crippen LogP contribution in [0.3, 0.4) is 0 Å². The molecule has 0 aromatic heterocycles. The van der Waals surface area contributed by atoms with Crippen LogP contribution in [0.1, 0.15) is 22.6 Å². The van der Waals surface area contributed by atoms with E-state index in [1.165, 1.54) is 5.56 Å². The lowest BCUT2D eigenvalue weighted by Crippen LogP contribution is -2.02. The monoisotopic (exact) mass is 302 g/mol. The maximum Gasteiger partial charge on any atom is 0.132 e. The van der Waals surface area contributed by atoms with E-state index in [4.69, 9.17) is 9.47 Å². The van der Waals surface area contributed by atoms with Gasteiger partial charge in [0.1, 0.15) is 17.2 Å². The summed E-state index contributed by atoms with van der Waals surface area (Å²) in [5, 5.41) is 10.3. The second kappa shape index (κ2) is 5.53. The summed E-state index contributed by atoms with van der Waals surface area (Å²) in [6, 6.07) is 10.0. The minimum Gasteiger partial charge on any atom is -0.506 e. The highest BCUT2D eigenvalue weighted by atomic mass is 32.2. The summed E-state index contributed by atoms with van der Waals surface area (Å²) in [4.78, 5) is 0.952. The van der Waals surface area contributed by atoms with Gasteiger partial charge in [-0.15, -0.1) is 11.8 Å². The quantitative estimate of drug-likeness (QED) is 0.931. The van der Waals surface area contributed by atoms with Gasteiger partial charge in [-0.05, 0) is 36.2 Å². The molecule has 0 radical (unpaired) electrons. The molecule has 1 unspecified atom stereocenters. The summed E-state index contributed by atoms with van der Waals surface area (Å²) in [5.74, 6) is 3.23. The van der Waals surface area contributed by atoms with E-state index < -0.39 is 0 Å². The van der Waals surface area contributed by atoms with Gasteiger partial charge >= 0.3 is 0 Å². The number of phenolic OH excluding ortho intramolecular Hbond substituents is 1. The van der Waals surface area contributed by atoms with Crippen LogP contribution in [-0.2, 0) is 0 Å². The Labute approximate surface area is 128 Å². The highest BCUT2D eigenvalue weighted by Gasteiger charge is 2.31. The third kappa shape index (κ3) is 2.33. The number of benzene rings is 2. The van der Waals surface area contributed by atoms with Gasteiger partial charge < -0.3 is 14.6 Å². The predicted molar refractivity (Wildman–Crippen MR) is 85.0 cm³/mol. The first-order valence-corrected chi connectivity index (χ1v) is 7.81. The molecule has 0 bridgehead atoms. The molecular formula is C17H18O3S. The Hall–Kier alpha value is -1.81. The molecule has 0 saturated heterocycles. The number of fused-ring (bicyclic) bond motifs is 1. The highest BCUT2D eigenvalue weighted by molar-refractivity contribution is 7.99. The largest absolute Gasteiger partial charge is 0.506 e. The zero-order valence-corrected chi connectivity index (χ0v) is 13.2. The van der Waals surface area contributed by atoms with Crippen LogP contribution in [-0.4, -0.2) is 25.1 Å². The summed E-state index contributed by atoms with van der Waals surface area (Å²) >= 11 is 1.69. The zero-order chi connectivity index (χ0) is 15.0. The average Bonchev–Trinajstić information content (AvgIpc) is 2.96. The molecular weight excluding hydrogens is 284 g/mol. The second-order valence-electron chi connectivity index (χ2n) is 5.12. The first-order chi connectivity index (χ1) is 10.2. The van der Waals surface area contributed by atoms with Crippen molar-refractivity contribution in [3.8, 4) is 17.2 Å². The minimum atomic E-state index is 0.234. The molecule has 0 saturated carbocycles. The maximum absolute atomic E-state index is 10.3. The molecule has 1 atom stereocenters. The standard InChI is InChI=1S/C17H18O3S/c1-10-8-14(20-3)15-13(9-21-17(15)16(10)18)11-4-6-12(19-2)7-5-11/h4-8,13,18H,9H2,1-3H3. The van der Waals surface area contributed by atoms with E-state index in [1.807, 2.05) is 25.1 Å². The molecule has 2 aromatic carbocycles. The van der Waals surface area contributed by atoms with Crippen LogP contribution in [0.4, 0.5) is 0 Å². The van der Waals surface area contributed by atoms with Gasteiger partial charge in [0.2, 0.25) is 0 Å². The number of aromatic hydroxyl groups is 1. The molecule has 0 spiro atoms. The molecule has 4 heteroatoms. The molecule has 21 heavy (non-hydrogen) atoms. The van der Waals surface area contributed by atoms with Crippen LogP contribution in [0.15, 0.2) is 35.2 Å². The molecule has 1 heterocycles. The molecule has 0 amide bonds. The van der Waals surface area contributed by atoms with E-state index in [1.54, 1.807) is 26.0 Å². The van der Waals surface area contributed by atoms with Gasteiger partial charge in [0.25, 0.3) is 0 Å². The van der Waals surface area contributed by atoms with Crippen LogP contribution in [0.5, 0.6) is 17.2 Å². The second-order valence-corrected chi connectivity index (χ2v) is 6.15. The summed E-state index contributed by atoms with van der Waals surface area (Å²) in [5.41, 5.74) is 3.16. The fraction of sp³-hybridized carbons (Fsp3) is 0.294. The summed E-state index contributed by atoms with van der Waals surface area (Å²) < 4.78 is 10.8. The van der Waals surface area contributed by atoms with Gasteiger partial charge in [-0.2, -0.15) is 0 Å². The van der Waals surface area contributed by atoms with Crippen LogP contribution >= 0.6 is 11.8 Å². The van der Waals surface area contributed by atoms with E-state index in [2.05, 4.69) is 12.1 Å². The topological polar surface area (TPSA) is 38.7 Å².